The minimum Gasteiger partial charge on any atom is -0.496 e. The smallest absolute Gasteiger partial charge is 0.125 e. The molecule has 0 aromatic heterocycles. The Balaban J connectivity index is 1.86. The number of ether oxygens (including phenoxy) is 4. The Morgan fingerprint density at radius 2 is 1.83 bits per heavy atom. The molecule has 0 bridgehead atoms. The largest absolute Gasteiger partial charge is 0.496 e. The third-order valence-corrected chi connectivity index (χ3v) is 4.54. The number of rotatable bonds is 6. The van der Waals surface area contributed by atoms with Crippen LogP contribution in [0.25, 0.3) is 10.8 Å². The van der Waals surface area contributed by atoms with Gasteiger partial charge in [0.15, 0.2) is 0 Å². The summed E-state index contributed by atoms with van der Waals surface area (Å²) in [7, 11) is 3.44. The molecule has 0 N–H and O–H groups in total. The van der Waals surface area contributed by atoms with Crippen LogP contribution in [0, 0.1) is 0 Å². The molecule has 2 aromatic carbocycles. The fraction of sp³-hybridized carbons (Fsp3) is 0.500. The third-order valence-electron chi connectivity index (χ3n) is 4.54. The minimum atomic E-state index is -0.0569. The second-order valence-electron chi connectivity index (χ2n) is 6.50. The summed E-state index contributed by atoms with van der Waals surface area (Å²) in [6.45, 7) is 4.60. The van der Waals surface area contributed by atoms with E-state index in [0.717, 1.165) is 17.7 Å². The van der Waals surface area contributed by atoms with E-state index in [2.05, 4.69) is 24.3 Å². The van der Waals surface area contributed by atoms with Crippen molar-refractivity contribution in [1.82, 2.24) is 0 Å². The van der Waals surface area contributed by atoms with Crippen molar-refractivity contribution in [3.63, 3.8) is 0 Å². The van der Waals surface area contributed by atoms with E-state index in [4.69, 9.17) is 18.9 Å². The first-order valence-electron chi connectivity index (χ1n) is 8.49. The average Bonchev–Trinajstić information content (AvgIpc) is 3.01. The normalized spacial score (nSPS) is 24.0. The molecule has 0 aliphatic carbocycles. The fourth-order valence-electron chi connectivity index (χ4n) is 3.26. The molecule has 1 heterocycles. The molecule has 4 nitrogen and oxygen atoms in total. The van der Waals surface area contributed by atoms with Gasteiger partial charge in [-0.05, 0) is 36.8 Å². The Kier molecular flexibility index (Phi) is 5.39. The summed E-state index contributed by atoms with van der Waals surface area (Å²) in [6.07, 6.45) is 0.913. The van der Waals surface area contributed by atoms with Gasteiger partial charge in [-0.2, -0.15) is 0 Å². The van der Waals surface area contributed by atoms with Gasteiger partial charge in [-0.3, -0.25) is 0 Å². The van der Waals surface area contributed by atoms with Gasteiger partial charge in [0.2, 0.25) is 0 Å². The third kappa shape index (κ3) is 3.56. The van der Waals surface area contributed by atoms with Gasteiger partial charge in [0.05, 0.1) is 32.0 Å². The highest BCUT2D eigenvalue weighted by atomic mass is 16.6. The monoisotopic (exact) mass is 330 g/mol. The molecule has 1 fully saturated rings. The van der Waals surface area contributed by atoms with Gasteiger partial charge in [0, 0.05) is 19.1 Å². The molecule has 1 unspecified atom stereocenters. The molecule has 130 valence electrons. The number of fused-ring (bicyclic) bond motifs is 1. The highest BCUT2D eigenvalue weighted by molar-refractivity contribution is 5.85. The molecule has 4 heteroatoms. The summed E-state index contributed by atoms with van der Waals surface area (Å²) in [5.74, 6) is 0.860. The van der Waals surface area contributed by atoms with E-state index < -0.39 is 0 Å². The summed E-state index contributed by atoms with van der Waals surface area (Å²) in [5.41, 5.74) is 1.07. The molecule has 1 aliphatic rings. The van der Waals surface area contributed by atoms with E-state index >= 15 is 0 Å². The standard InChI is InChI=1S/C20H26O4/c1-13(2)23-12-20-19(22-4)11-18(24-20)16-9-14-7-5-6-8-15(14)10-17(16)21-3/h5-10,13,18-20H,11-12H2,1-4H3/t18-,19?,20-/m1/s1. The lowest BCUT2D eigenvalue weighted by Gasteiger charge is -2.19. The van der Waals surface area contributed by atoms with Crippen molar-refractivity contribution in [3.8, 4) is 5.75 Å². The van der Waals surface area contributed by atoms with Crippen LogP contribution in [0.1, 0.15) is 31.9 Å². The molecule has 2 aromatic rings. The van der Waals surface area contributed by atoms with Crippen LogP contribution in [-0.2, 0) is 14.2 Å². The second kappa shape index (κ2) is 7.51. The van der Waals surface area contributed by atoms with Crippen LogP contribution >= 0.6 is 0 Å². The van der Waals surface area contributed by atoms with Gasteiger partial charge in [-0.1, -0.05) is 24.3 Å². The quantitative estimate of drug-likeness (QED) is 0.798. The fourth-order valence-corrected chi connectivity index (χ4v) is 3.26. The minimum absolute atomic E-state index is 0.0323. The predicted octanol–water partition coefficient (Wildman–Crippen LogP) is 4.12. The summed E-state index contributed by atoms with van der Waals surface area (Å²) in [6, 6.07) is 12.5. The van der Waals surface area contributed by atoms with Crippen LogP contribution < -0.4 is 4.74 Å². The van der Waals surface area contributed by atoms with Gasteiger partial charge >= 0.3 is 0 Å². The van der Waals surface area contributed by atoms with Crippen molar-refractivity contribution in [2.75, 3.05) is 20.8 Å². The molecule has 24 heavy (non-hydrogen) atoms. The van der Waals surface area contributed by atoms with Crippen LogP contribution in [0.3, 0.4) is 0 Å². The highest BCUT2D eigenvalue weighted by Gasteiger charge is 2.37. The number of hydrogen-bond donors (Lipinski definition) is 0. The summed E-state index contributed by atoms with van der Waals surface area (Å²) in [4.78, 5) is 0. The molecule has 3 rings (SSSR count). The molecule has 1 aliphatic heterocycles. The highest BCUT2D eigenvalue weighted by Crippen LogP contribution is 2.40. The first-order chi connectivity index (χ1) is 11.6. The molecule has 0 spiro atoms. The summed E-state index contributed by atoms with van der Waals surface area (Å²) < 4.78 is 23.2. The summed E-state index contributed by atoms with van der Waals surface area (Å²) >= 11 is 0. The van der Waals surface area contributed by atoms with Crippen LogP contribution in [0.2, 0.25) is 0 Å². The van der Waals surface area contributed by atoms with Crippen molar-refractivity contribution >= 4 is 10.8 Å². The molecule has 0 radical (unpaired) electrons. The second-order valence-corrected chi connectivity index (χ2v) is 6.50. The maximum atomic E-state index is 6.26. The van der Waals surface area contributed by atoms with Gasteiger partial charge in [-0.15, -0.1) is 0 Å². The Morgan fingerprint density at radius 1 is 1.12 bits per heavy atom. The lowest BCUT2D eigenvalue weighted by atomic mass is 9.99. The number of benzene rings is 2. The van der Waals surface area contributed by atoms with E-state index in [1.807, 2.05) is 26.0 Å². The van der Waals surface area contributed by atoms with Crippen LogP contribution in [0.15, 0.2) is 36.4 Å². The molecular weight excluding hydrogens is 304 g/mol. The van der Waals surface area contributed by atoms with E-state index in [1.54, 1.807) is 14.2 Å². The van der Waals surface area contributed by atoms with Crippen molar-refractivity contribution in [2.45, 2.75) is 44.7 Å². The average molecular weight is 330 g/mol. The van der Waals surface area contributed by atoms with Crippen LogP contribution in [0.4, 0.5) is 0 Å². The van der Waals surface area contributed by atoms with Gasteiger partial charge in [0.1, 0.15) is 11.9 Å². The number of hydrogen-bond acceptors (Lipinski definition) is 4. The lowest BCUT2D eigenvalue weighted by Crippen LogP contribution is -2.29. The Morgan fingerprint density at radius 3 is 2.46 bits per heavy atom. The Bertz CT molecular complexity index is 682. The molecule has 0 saturated carbocycles. The van der Waals surface area contributed by atoms with E-state index in [0.29, 0.717) is 6.61 Å². The first-order valence-corrected chi connectivity index (χ1v) is 8.49. The van der Waals surface area contributed by atoms with Crippen LogP contribution in [-0.4, -0.2) is 39.1 Å². The van der Waals surface area contributed by atoms with Gasteiger partial charge < -0.3 is 18.9 Å². The Labute approximate surface area is 143 Å². The zero-order chi connectivity index (χ0) is 17.1. The Hall–Kier alpha value is -1.62. The summed E-state index contributed by atoms with van der Waals surface area (Å²) in [5, 5.41) is 2.35. The van der Waals surface area contributed by atoms with E-state index in [9.17, 15) is 0 Å². The maximum absolute atomic E-state index is 6.26. The van der Waals surface area contributed by atoms with E-state index in [-0.39, 0.29) is 24.4 Å². The first kappa shape index (κ1) is 17.2. The zero-order valence-electron chi connectivity index (χ0n) is 14.8. The van der Waals surface area contributed by atoms with E-state index in [1.165, 1.54) is 10.8 Å². The van der Waals surface area contributed by atoms with Gasteiger partial charge in [0.25, 0.3) is 0 Å². The SMILES string of the molecule is COc1cc2ccccc2cc1[C@H]1CC(OC)[C@@H](COC(C)C)O1. The molecular formula is C20H26O4. The van der Waals surface area contributed by atoms with Crippen molar-refractivity contribution in [2.24, 2.45) is 0 Å². The maximum Gasteiger partial charge on any atom is 0.125 e. The molecule has 0 amide bonds. The van der Waals surface area contributed by atoms with Crippen molar-refractivity contribution in [1.29, 1.82) is 0 Å². The lowest BCUT2D eigenvalue weighted by molar-refractivity contribution is -0.0671. The zero-order valence-corrected chi connectivity index (χ0v) is 14.8. The van der Waals surface area contributed by atoms with Crippen molar-refractivity contribution < 1.29 is 18.9 Å². The topological polar surface area (TPSA) is 36.9 Å². The van der Waals surface area contributed by atoms with Crippen molar-refractivity contribution in [3.05, 3.63) is 42.0 Å². The molecule has 3 atom stereocenters. The molecule has 1 saturated heterocycles. The number of methoxy groups -OCH3 is 2. The predicted molar refractivity (Wildman–Crippen MR) is 94.6 cm³/mol. The van der Waals surface area contributed by atoms with Crippen LogP contribution in [0.5, 0.6) is 5.75 Å². The van der Waals surface area contributed by atoms with Gasteiger partial charge in [-0.25, -0.2) is 0 Å².